The van der Waals surface area contributed by atoms with E-state index >= 15 is 0 Å². The fraction of sp³-hybridized carbons (Fsp3) is 0.500. The summed E-state index contributed by atoms with van der Waals surface area (Å²) in [6.45, 7) is 1.99. The number of sulfonamides is 1. The van der Waals surface area contributed by atoms with E-state index in [2.05, 4.69) is 4.72 Å². The summed E-state index contributed by atoms with van der Waals surface area (Å²) in [7, 11) is -3.58. The van der Waals surface area contributed by atoms with Crippen LogP contribution in [0.2, 0.25) is 5.02 Å². The Bertz CT molecular complexity index is 542. The van der Waals surface area contributed by atoms with E-state index < -0.39 is 10.0 Å². The first kappa shape index (κ1) is 14.7. The molecule has 1 aliphatic heterocycles. The number of nitrogens with two attached hydrogens (primary N) is 1. The van der Waals surface area contributed by atoms with Crippen LogP contribution in [-0.4, -0.2) is 28.2 Å². The Morgan fingerprint density at radius 3 is 2.84 bits per heavy atom. The molecule has 2 rings (SSSR count). The minimum absolute atomic E-state index is 0.0882. The van der Waals surface area contributed by atoms with E-state index in [4.69, 9.17) is 22.1 Å². The van der Waals surface area contributed by atoms with Crippen molar-refractivity contribution in [2.75, 3.05) is 19.8 Å². The Kier molecular flexibility index (Phi) is 4.81. The standard InChI is InChI=1S/C12H17ClN2O3S/c13-11-5-9(6-14)1-2-12(11)19(16,17)15-7-10-3-4-18-8-10/h1-2,5,10,15H,3-4,6-8,14H2. The summed E-state index contributed by atoms with van der Waals surface area (Å²) in [5.41, 5.74) is 6.28. The van der Waals surface area contributed by atoms with Gasteiger partial charge in [0.1, 0.15) is 4.90 Å². The van der Waals surface area contributed by atoms with Gasteiger partial charge in [-0.1, -0.05) is 17.7 Å². The predicted octanol–water partition coefficient (Wildman–Crippen LogP) is 1.11. The van der Waals surface area contributed by atoms with Crippen molar-refractivity contribution in [3.8, 4) is 0 Å². The predicted molar refractivity (Wildman–Crippen MR) is 73.5 cm³/mol. The van der Waals surface area contributed by atoms with Crippen LogP contribution in [-0.2, 0) is 21.3 Å². The normalized spacial score (nSPS) is 19.8. The van der Waals surface area contributed by atoms with Crippen LogP contribution in [0, 0.1) is 5.92 Å². The molecule has 0 aliphatic carbocycles. The van der Waals surface area contributed by atoms with Gasteiger partial charge in [0.15, 0.2) is 0 Å². The van der Waals surface area contributed by atoms with E-state index in [-0.39, 0.29) is 15.8 Å². The maximum absolute atomic E-state index is 12.1. The molecule has 0 radical (unpaired) electrons. The van der Waals surface area contributed by atoms with E-state index in [0.29, 0.717) is 26.3 Å². The summed E-state index contributed by atoms with van der Waals surface area (Å²) < 4.78 is 32.1. The third-order valence-electron chi connectivity index (χ3n) is 3.11. The van der Waals surface area contributed by atoms with Crippen LogP contribution in [0.3, 0.4) is 0 Å². The number of benzene rings is 1. The number of halogens is 1. The van der Waals surface area contributed by atoms with Crippen LogP contribution >= 0.6 is 11.6 Å². The van der Waals surface area contributed by atoms with Crippen LogP contribution in [0.5, 0.6) is 0 Å². The van der Waals surface area contributed by atoms with Crippen LogP contribution in [0.15, 0.2) is 23.1 Å². The molecule has 1 aliphatic rings. The third kappa shape index (κ3) is 3.67. The molecule has 0 saturated carbocycles. The second-order valence-electron chi connectivity index (χ2n) is 4.55. The number of rotatable bonds is 5. The molecule has 0 spiro atoms. The summed E-state index contributed by atoms with van der Waals surface area (Å²) in [5.74, 6) is 0.233. The summed E-state index contributed by atoms with van der Waals surface area (Å²) in [6, 6.07) is 4.73. The number of ether oxygens (including phenoxy) is 1. The van der Waals surface area contributed by atoms with Crippen molar-refractivity contribution in [3.63, 3.8) is 0 Å². The fourth-order valence-electron chi connectivity index (χ4n) is 1.94. The Morgan fingerprint density at radius 1 is 1.47 bits per heavy atom. The van der Waals surface area contributed by atoms with Crippen molar-refractivity contribution in [1.29, 1.82) is 0 Å². The van der Waals surface area contributed by atoms with Crippen LogP contribution in [0.4, 0.5) is 0 Å². The highest BCUT2D eigenvalue weighted by atomic mass is 35.5. The summed E-state index contributed by atoms with van der Waals surface area (Å²) in [6.07, 6.45) is 0.877. The minimum atomic E-state index is -3.58. The van der Waals surface area contributed by atoms with Gasteiger partial charge in [0, 0.05) is 19.7 Å². The van der Waals surface area contributed by atoms with Gasteiger partial charge in [-0.15, -0.1) is 0 Å². The first-order valence-electron chi connectivity index (χ1n) is 6.09. The Balaban J connectivity index is 2.10. The van der Waals surface area contributed by atoms with E-state index in [1.165, 1.54) is 6.07 Å². The van der Waals surface area contributed by atoms with Gasteiger partial charge in [0.05, 0.1) is 11.6 Å². The lowest BCUT2D eigenvalue weighted by molar-refractivity contribution is 0.186. The lowest BCUT2D eigenvalue weighted by atomic mass is 10.1. The molecule has 5 nitrogen and oxygen atoms in total. The zero-order chi connectivity index (χ0) is 13.9. The van der Waals surface area contributed by atoms with Crippen molar-refractivity contribution in [2.24, 2.45) is 11.7 Å². The number of hydrogen-bond donors (Lipinski definition) is 2. The SMILES string of the molecule is NCc1ccc(S(=O)(=O)NCC2CCOC2)c(Cl)c1. The van der Waals surface area contributed by atoms with Crippen LogP contribution < -0.4 is 10.5 Å². The topological polar surface area (TPSA) is 81.4 Å². The smallest absolute Gasteiger partial charge is 0.242 e. The highest BCUT2D eigenvalue weighted by Gasteiger charge is 2.22. The first-order chi connectivity index (χ1) is 9.03. The zero-order valence-corrected chi connectivity index (χ0v) is 12.0. The van der Waals surface area contributed by atoms with Gasteiger partial charge in [0.2, 0.25) is 10.0 Å². The average Bonchev–Trinajstić information content (AvgIpc) is 2.89. The molecule has 1 fully saturated rings. The lowest BCUT2D eigenvalue weighted by Crippen LogP contribution is -2.29. The van der Waals surface area contributed by atoms with E-state index in [1.807, 2.05) is 0 Å². The molecule has 106 valence electrons. The molecule has 19 heavy (non-hydrogen) atoms. The van der Waals surface area contributed by atoms with Gasteiger partial charge >= 0.3 is 0 Å². The zero-order valence-electron chi connectivity index (χ0n) is 10.4. The van der Waals surface area contributed by atoms with Gasteiger partial charge in [-0.2, -0.15) is 0 Å². The molecule has 1 unspecified atom stereocenters. The van der Waals surface area contributed by atoms with E-state index in [0.717, 1.165) is 12.0 Å². The van der Waals surface area contributed by atoms with Gasteiger partial charge in [-0.3, -0.25) is 0 Å². The fourth-order valence-corrected chi connectivity index (χ4v) is 3.62. The van der Waals surface area contributed by atoms with Crippen molar-refractivity contribution in [2.45, 2.75) is 17.9 Å². The molecule has 1 saturated heterocycles. The maximum Gasteiger partial charge on any atom is 0.242 e. The quantitative estimate of drug-likeness (QED) is 0.854. The summed E-state index contributed by atoms with van der Waals surface area (Å²) >= 11 is 5.99. The van der Waals surface area contributed by atoms with Gasteiger partial charge in [-0.25, -0.2) is 13.1 Å². The second kappa shape index (κ2) is 6.19. The highest BCUT2D eigenvalue weighted by molar-refractivity contribution is 7.89. The Hall–Kier alpha value is -0.660. The number of nitrogens with one attached hydrogen (secondary N) is 1. The molecule has 0 amide bonds. The average molecular weight is 305 g/mol. The molecule has 0 aromatic heterocycles. The Labute approximate surface area is 118 Å². The molecule has 1 aromatic rings. The molecule has 3 N–H and O–H groups in total. The third-order valence-corrected chi connectivity index (χ3v) is 5.01. The van der Waals surface area contributed by atoms with Crippen molar-refractivity contribution in [1.82, 2.24) is 4.72 Å². The molecule has 1 atom stereocenters. The van der Waals surface area contributed by atoms with E-state index in [1.54, 1.807) is 12.1 Å². The van der Waals surface area contributed by atoms with Gasteiger partial charge in [0.25, 0.3) is 0 Å². The monoisotopic (exact) mass is 304 g/mol. The molecule has 0 bridgehead atoms. The van der Waals surface area contributed by atoms with Crippen LogP contribution in [0.1, 0.15) is 12.0 Å². The molecule has 7 heteroatoms. The van der Waals surface area contributed by atoms with Crippen molar-refractivity contribution in [3.05, 3.63) is 28.8 Å². The molecule has 1 heterocycles. The summed E-state index contributed by atoms with van der Waals surface area (Å²) in [5, 5.41) is 0.193. The Morgan fingerprint density at radius 2 is 2.26 bits per heavy atom. The largest absolute Gasteiger partial charge is 0.381 e. The highest BCUT2D eigenvalue weighted by Crippen LogP contribution is 2.23. The molecular formula is C12H17ClN2O3S. The van der Waals surface area contributed by atoms with Crippen LogP contribution in [0.25, 0.3) is 0 Å². The molecular weight excluding hydrogens is 288 g/mol. The van der Waals surface area contributed by atoms with E-state index in [9.17, 15) is 8.42 Å². The lowest BCUT2D eigenvalue weighted by Gasteiger charge is -2.12. The maximum atomic E-state index is 12.1. The van der Waals surface area contributed by atoms with Gasteiger partial charge in [-0.05, 0) is 30.0 Å². The molecule has 1 aromatic carbocycles. The summed E-state index contributed by atoms with van der Waals surface area (Å²) in [4.78, 5) is 0.0882. The second-order valence-corrected chi connectivity index (χ2v) is 6.69. The minimum Gasteiger partial charge on any atom is -0.381 e. The van der Waals surface area contributed by atoms with Gasteiger partial charge < -0.3 is 10.5 Å². The first-order valence-corrected chi connectivity index (χ1v) is 7.95. The van der Waals surface area contributed by atoms with Crippen molar-refractivity contribution < 1.29 is 13.2 Å². The van der Waals surface area contributed by atoms with Crippen molar-refractivity contribution >= 4 is 21.6 Å². The number of hydrogen-bond acceptors (Lipinski definition) is 4.